The Labute approximate surface area is 915 Å². The van der Waals surface area contributed by atoms with E-state index in [1.165, 1.54) is 116 Å². The first-order chi connectivity index (χ1) is 66.3. The van der Waals surface area contributed by atoms with Crippen molar-refractivity contribution in [1.82, 2.24) is 24.0 Å². The number of hydrogen-bond donors (Lipinski definition) is 6. The van der Waals surface area contributed by atoms with E-state index in [9.17, 15) is 68.2 Å². The van der Waals surface area contributed by atoms with Crippen LogP contribution in [0.2, 0.25) is 36.3 Å². The van der Waals surface area contributed by atoms with Crippen molar-refractivity contribution < 1.29 is 96.7 Å². The molecule has 0 saturated carbocycles. The number of rotatable bonds is 28. The average molecular weight is 2420 g/mol. The number of alkyl halides is 1. The summed E-state index contributed by atoms with van der Waals surface area (Å²) in [5, 5.41) is 26.4. The molecular formula is C89H111ClF10N8O11S21Si2. The van der Waals surface area contributed by atoms with Crippen LogP contribution in [0.3, 0.4) is 0 Å². The number of methoxy groups -OCH3 is 2. The number of hydrogen-bond acceptors (Lipinski definition) is 24. The van der Waals surface area contributed by atoms with Crippen molar-refractivity contribution in [3.8, 4) is 22.9 Å². The number of aliphatic carboxylic acids is 2. The number of likely N-dealkylation sites (tertiary alicyclic amines) is 1. The van der Waals surface area contributed by atoms with Gasteiger partial charge in [0.1, 0.15) is 76.0 Å². The lowest BCUT2D eigenvalue weighted by Crippen LogP contribution is -2.43. The molecule has 0 spiro atoms. The van der Waals surface area contributed by atoms with Crippen LogP contribution in [0.5, 0.6) is 11.5 Å². The van der Waals surface area contributed by atoms with Crippen LogP contribution in [0, 0.1) is 72.0 Å². The molecule has 1 saturated heterocycles. The summed E-state index contributed by atoms with van der Waals surface area (Å²) in [6.07, 6.45) is 14.6. The van der Waals surface area contributed by atoms with E-state index in [1.807, 2.05) is 77.8 Å². The van der Waals surface area contributed by atoms with Gasteiger partial charge in [-0.05, 0) is 226 Å². The number of amides is 1. The summed E-state index contributed by atoms with van der Waals surface area (Å²) in [4.78, 5) is 55.7. The third-order valence-corrected chi connectivity index (χ3v) is 42.9. The van der Waals surface area contributed by atoms with Gasteiger partial charge in [-0.1, -0.05) is 53.7 Å². The lowest BCUT2D eigenvalue weighted by Gasteiger charge is -2.39. The standard InChI is InChI=1S/C32H41F2N3O3Si.C17H19ClN2O3.C15H25F2NOSi.C9H9F2NO2.C9H11F2NO.C7H4F2O.S6.S5.S4.S3.S2.H2S/c1-22-20-36(21-35-22)29-11-10-23(16-30(29)39-5)15-24-9-8-13-37(31(24)38)28(25-17-26(33)19-27(34)18-25)12-14-40-41(6,7)32(2,3)4;1-12-10-20(11-19-12)15-6-5-13(9-16(15)23-2)8-14(17(21)22)4-3-7-18;1-15(2,3)20(4,5)19-7-6-14(18)11-8-12(16)10-13(17)9-11;10-6-1-5(2-7(11)3-6)8(12)4-9(13)14;10-7-3-6(4-8(11)5-7)9(12)1-2-13;8-6-1-5(4-10)2-7(9)3-6;1-3-5-6-4-2;1-3-5-4-2;1-3-4-2;1-3-2;1-2;/h10-11,15-21,28H,8-9,12-14H2,1-7H3;5-6,8-11H,3-4,7H2,1-2H3,(H,21,22);8-10,14H,6-7,18H2,1-5H3;1-3,8H,4,12H2,(H,13,14);3-5,9,13H,1-2,12H2;1-4H;;;;;;1H2/b24-15+;14-8+;;;;;;;;;;. The van der Waals surface area contributed by atoms with Crippen molar-refractivity contribution in [2.45, 2.75) is 167 Å². The molecule has 0 bridgehead atoms. The Morgan fingerprint density at radius 3 is 1.21 bits per heavy atom. The fourth-order valence-electron chi connectivity index (χ4n) is 11.7. The van der Waals surface area contributed by atoms with Crippen LogP contribution < -0.4 is 26.7 Å². The number of nitrogens with two attached hydrogens (primary N) is 3. The number of aryl methyl sites for hydroxylation is 2. The molecule has 784 valence electrons. The second kappa shape index (κ2) is 75.4. The molecule has 9 N–H and O–H groups in total. The molecule has 9 aromatic rings. The summed E-state index contributed by atoms with van der Waals surface area (Å²) < 4.78 is 157. The van der Waals surface area contributed by atoms with Gasteiger partial charge in [0.25, 0.3) is 0 Å². The number of carbonyl (C=O) groups excluding carboxylic acids is 2. The number of imidazole rings is 2. The highest BCUT2D eigenvalue weighted by molar-refractivity contribution is 8.64. The topological polar surface area (TPSA) is 283 Å². The number of aldehydes is 1. The largest absolute Gasteiger partial charge is 0.495 e. The molecule has 19 nitrogen and oxygen atoms in total. The number of halogens is 11. The zero-order valence-corrected chi connectivity index (χ0v) is 99.2. The number of ether oxygens (including phenoxy) is 2. The average Bonchev–Trinajstić information content (AvgIpc) is 0.795. The van der Waals surface area contributed by atoms with E-state index in [2.05, 4.69) is 190 Å². The van der Waals surface area contributed by atoms with E-state index in [1.54, 1.807) is 37.9 Å². The van der Waals surface area contributed by atoms with E-state index in [4.69, 9.17) is 57.3 Å². The summed E-state index contributed by atoms with van der Waals surface area (Å²) in [6, 6.07) is 24.5. The minimum atomic E-state index is -2.04. The van der Waals surface area contributed by atoms with E-state index in [0.717, 1.165) is 91.7 Å². The lowest BCUT2D eigenvalue weighted by atomic mass is 9.95. The number of aliphatic hydroxyl groups is 1. The predicted octanol–water partition coefficient (Wildman–Crippen LogP) is 20.3. The van der Waals surface area contributed by atoms with Crippen molar-refractivity contribution >= 4 is 279 Å². The smallest absolute Gasteiger partial charge is 0.331 e. The minimum absolute atomic E-state index is 0. The Morgan fingerprint density at radius 2 is 0.887 bits per heavy atom. The van der Waals surface area contributed by atoms with E-state index >= 15 is 0 Å². The molecule has 4 atom stereocenters. The molecule has 3 heterocycles. The van der Waals surface area contributed by atoms with Crippen molar-refractivity contribution in [1.29, 1.82) is 0 Å². The third-order valence-electron chi connectivity index (χ3n) is 20.3. The second-order valence-corrected chi connectivity index (χ2v) is 60.0. The Kier molecular flexibility index (Phi) is 73.6. The van der Waals surface area contributed by atoms with Gasteiger partial charge in [0.2, 0.25) is 5.91 Å². The quantitative estimate of drug-likeness (QED) is 0.00873. The van der Waals surface area contributed by atoms with Crippen molar-refractivity contribution in [2.75, 3.05) is 46.5 Å². The normalized spacial score (nSPS) is 12.4. The number of nitrogens with zero attached hydrogens (tertiary/aromatic N) is 5. The highest BCUT2D eigenvalue weighted by Gasteiger charge is 2.39. The molecular weight excluding hydrogens is 2310 g/mol. The number of carbonyl (C=O) groups is 4. The molecule has 142 heavy (non-hydrogen) atoms. The fraction of sp³-hybridized carbons (Fsp3) is 0.371. The number of piperidine rings is 1. The van der Waals surface area contributed by atoms with Crippen LogP contribution in [-0.2, 0) is 224 Å². The summed E-state index contributed by atoms with van der Waals surface area (Å²) in [6.45, 7) is 26.8. The first kappa shape index (κ1) is 139. The molecule has 1 aliphatic heterocycles. The number of carboxylic acid groups (broad SMARTS) is 2. The molecule has 53 heteroatoms. The zero-order chi connectivity index (χ0) is 108. The molecule has 4 unspecified atom stereocenters. The molecule has 2 aromatic heterocycles. The summed E-state index contributed by atoms with van der Waals surface area (Å²) >= 11 is 47.8. The van der Waals surface area contributed by atoms with Gasteiger partial charge in [0.05, 0.1) is 62.1 Å². The van der Waals surface area contributed by atoms with Crippen LogP contribution in [0.4, 0.5) is 43.9 Å². The van der Waals surface area contributed by atoms with Gasteiger partial charge in [0.15, 0.2) is 16.6 Å². The SMILES string of the molecule is CC(C)(C)[Si](C)(C)OCCC(N)c1cc(F)cc(F)c1.COc1cc(/C=C(\CCCCl)C(=O)O)ccc1-n1cnc(C)c1.COc1cc(/C=C2\CCCN(C(CCO[Si](C)(C)C(C)(C)C)c3cc(F)cc(F)c3)C2=O)ccc1-n1cnc(C)c1.NC(CC(=O)O)c1cc(F)cc(F)c1.NC(CCO)c1cc(F)cc(F)c1.O=Cc1cc(F)cc(F)c1.S.S=S.S=S=S.S=S=S=S.S=S=S=S=S.S=S=S=S=S=S. The van der Waals surface area contributed by atoms with Crippen molar-refractivity contribution in [3.63, 3.8) is 0 Å². The molecule has 1 amide bonds. The molecule has 1 aliphatic rings. The number of benzene rings is 7. The highest BCUT2D eigenvalue weighted by Crippen LogP contribution is 2.40. The van der Waals surface area contributed by atoms with Crippen LogP contribution in [-0.4, -0.2) is 127 Å². The highest BCUT2D eigenvalue weighted by atomic mass is 35.5. The maximum atomic E-state index is 14.3. The summed E-state index contributed by atoms with van der Waals surface area (Å²) in [7, 11) is 12.2. The zero-order valence-electron chi connectivity index (χ0n) is 79.1. The van der Waals surface area contributed by atoms with E-state index in [0.29, 0.717) is 122 Å². The second-order valence-electron chi connectivity index (χ2n) is 32.3. The van der Waals surface area contributed by atoms with Gasteiger partial charge in [0, 0.05) is 310 Å². The van der Waals surface area contributed by atoms with Gasteiger partial charge < -0.3 is 64.9 Å². The van der Waals surface area contributed by atoms with Gasteiger partial charge in [-0.3, -0.25) is 14.4 Å². The van der Waals surface area contributed by atoms with E-state index < -0.39 is 111 Å². The Bertz CT molecular complexity index is 5920. The first-order valence-corrected chi connectivity index (χ1v) is 67.6. The van der Waals surface area contributed by atoms with Crippen LogP contribution >= 0.6 is 25.1 Å². The van der Waals surface area contributed by atoms with Crippen molar-refractivity contribution in [2.24, 2.45) is 17.2 Å². The fourth-order valence-corrected chi connectivity index (χ4v) is 22.1. The maximum absolute atomic E-state index is 14.3. The Morgan fingerprint density at radius 1 is 0.528 bits per heavy atom. The summed E-state index contributed by atoms with van der Waals surface area (Å²) in [5.74, 6) is -7.22. The Hall–Kier alpha value is -5.35. The summed E-state index contributed by atoms with van der Waals surface area (Å²) in [5.41, 5.74) is 24.5. The molecule has 7 aromatic carbocycles. The number of aromatic nitrogens is 4. The third kappa shape index (κ3) is 55.8. The maximum Gasteiger partial charge on any atom is 0.331 e. The molecule has 0 radical (unpaired) electrons. The van der Waals surface area contributed by atoms with Gasteiger partial charge in [-0.15, -0.1) is 11.6 Å². The van der Waals surface area contributed by atoms with Gasteiger partial charge in [-0.25, -0.2) is 58.7 Å². The van der Waals surface area contributed by atoms with E-state index in [-0.39, 0.29) is 53.6 Å². The monoisotopic (exact) mass is 2420 g/mol. The minimum Gasteiger partial charge on any atom is -0.495 e. The predicted molar refractivity (Wildman–Crippen MR) is 612 cm³/mol. The number of carboxylic acids is 2. The van der Waals surface area contributed by atoms with Crippen LogP contribution in [0.15, 0.2) is 164 Å². The van der Waals surface area contributed by atoms with Crippen LogP contribution in [0.1, 0.15) is 172 Å². The first-order valence-electron chi connectivity index (χ1n) is 41.2. The number of aliphatic hydroxyl groups excluding tert-OH is 1. The lowest BCUT2D eigenvalue weighted by molar-refractivity contribution is -0.137. The van der Waals surface area contributed by atoms with Gasteiger partial charge >= 0.3 is 11.9 Å². The molecule has 0 aliphatic carbocycles. The van der Waals surface area contributed by atoms with Crippen molar-refractivity contribution in [3.05, 3.63) is 272 Å². The molecule has 1 fully saturated rings. The van der Waals surface area contributed by atoms with Gasteiger partial charge in [-0.2, -0.15) is 13.5 Å². The van der Waals surface area contributed by atoms with Crippen LogP contribution in [0.25, 0.3) is 23.5 Å². The Balaban J connectivity index is 0. The molecule has 10 rings (SSSR count).